The van der Waals surface area contributed by atoms with Crippen LogP contribution in [0.25, 0.3) is 0 Å². The Balaban J connectivity index is 1.50. The molecule has 0 fully saturated rings. The first-order chi connectivity index (χ1) is 15.2. The largest absolute Gasteiger partial charge is 0.489 e. The van der Waals surface area contributed by atoms with Gasteiger partial charge in [-0.25, -0.2) is 0 Å². The lowest BCUT2D eigenvalue weighted by molar-refractivity contribution is -0.132. The van der Waals surface area contributed by atoms with E-state index in [0.717, 1.165) is 39.4 Å². The molecular weight excluding hydrogens is 406 g/mol. The van der Waals surface area contributed by atoms with Crippen molar-refractivity contribution in [1.29, 1.82) is 0 Å². The molecule has 0 saturated carbocycles. The summed E-state index contributed by atoms with van der Waals surface area (Å²) in [5.41, 5.74) is 5.37. The highest BCUT2D eigenvalue weighted by molar-refractivity contribution is 5.95. The molecule has 0 aliphatic carbocycles. The van der Waals surface area contributed by atoms with Gasteiger partial charge in [-0.1, -0.05) is 35.5 Å². The minimum absolute atomic E-state index is 0.00869. The first-order valence-electron chi connectivity index (χ1n) is 10.5. The summed E-state index contributed by atoms with van der Waals surface area (Å²) in [6, 6.07) is 13.2. The molecule has 0 aliphatic heterocycles. The number of nitrogens with zero attached hydrogens (tertiary/aromatic N) is 2. The zero-order valence-electron chi connectivity index (χ0n) is 19.2. The van der Waals surface area contributed by atoms with Gasteiger partial charge in [0, 0.05) is 12.7 Å². The minimum atomic E-state index is -0.221. The lowest BCUT2D eigenvalue weighted by atomic mass is 10.1. The third-order valence-electron chi connectivity index (χ3n) is 5.40. The molecule has 32 heavy (non-hydrogen) atoms. The lowest BCUT2D eigenvalue weighted by Crippen LogP contribution is -2.36. The van der Waals surface area contributed by atoms with Crippen molar-refractivity contribution >= 4 is 17.5 Å². The number of likely N-dealkylation sites (N-methyl/N-ethyl adjacent to an activating group) is 1. The van der Waals surface area contributed by atoms with Gasteiger partial charge in [0.1, 0.15) is 18.1 Å². The van der Waals surface area contributed by atoms with E-state index in [1.54, 1.807) is 7.05 Å². The Morgan fingerprint density at radius 3 is 2.28 bits per heavy atom. The second-order valence-electron chi connectivity index (χ2n) is 7.98. The fourth-order valence-electron chi connectivity index (χ4n) is 3.37. The lowest BCUT2D eigenvalue weighted by Gasteiger charge is -2.18. The van der Waals surface area contributed by atoms with Gasteiger partial charge in [-0.05, 0) is 56.5 Å². The molecule has 1 heterocycles. The Labute approximate surface area is 188 Å². The number of aromatic nitrogens is 1. The Morgan fingerprint density at radius 1 is 1.03 bits per heavy atom. The van der Waals surface area contributed by atoms with Crippen LogP contribution in [0.2, 0.25) is 0 Å². The van der Waals surface area contributed by atoms with E-state index in [4.69, 9.17) is 9.26 Å². The van der Waals surface area contributed by atoms with Gasteiger partial charge < -0.3 is 19.5 Å². The molecular formula is C25H29N3O4. The third-order valence-corrected chi connectivity index (χ3v) is 5.40. The number of amides is 2. The molecule has 1 aromatic heterocycles. The smallest absolute Gasteiger partial charge is 0.243 e. The molecule has 7 heteroatoms. The van der Waals surface area contributed by atoms with Crippen LogP contribution in [0.15, 0.2) is 47.0 Å². The summed E-state index contributed by atoms with van der Waals surface area (Å²) < 4.78 is 10.9. The Kier molecular flexibility index (Phi) is 7.30. The summed E-state index contributed by atoms with van der Waals surface area (Å²) in [6.07, 6.45) is 0.206. The Morgan fingerprint density at radius 2 is 1.69 bits per heavy atom. The number of nitrogens with one attached hydrogen (secondary N) is 1. The average Bonchev–Trinajstić information content (AvgIpc) is 3.07. The van der Waals surface area contributed by atoms with Crippen LogP contribution in [0.1, 0.15) is 33.7 Å². The molecule has 2 aromatic carbocycles. The predicted molar refractivity (Wildman–Crippen MR) is 123 cm³/mol. The number of aryl methyl sites for hydroxylation is 4. The molecule has 0 atom stereocenters. The van der Waals surface area contributed by atoms with Gasteiger partial charge >= 0.3 is 0 Å². The molecule has 3 rings (SSSR count). The molecule has 3 aromatic rings. The van der Waals surface area contributed by atoms with Gasteiger partial charge in [-0.3, -0.25) is 9.59 Å². The number of carbonyl (C=O) groups excluding carboxylic acids is 2. The maximum absolute atomic E-state index is 12.6. The number of hydrogen-bond donors (Lipinski definition) is 1. The number of carbonyl (C=O) groups is 2. The number of ether oxygens (including phenoxy) is 1. The zero-order chi connectivity index (χ0) is 23.3. The molecule has 0 bridgehead atoms. The Bertz CT molecular complexity index is 1060. The number of anilines is 1. The van der Waals surface area contributed by atoms with Crippen LogP contribution in [-0.2, 0) is 22.6 Å². The summed E-state index contributed by atoms with van der Waals surface area (Å²) in [5.74, 6) is 1.09. The molecule has 7 nitrogen and oxygen atoms in total. The van der Waals surface area contributed by atoms with Gasteiger partial charge in [-0.2, -0.15) is 0 Å². The van der Waals surface area contributed by atoms with Crippen LogP contribution < -0.4 is 10.1 Å². The highest BCUT2D eigenvalue weighted by Crippen LogP contribution is 2.20. The monoisotopic (exact) mass is 435 g/mol. The van der Waals surface area contributed by atoms with Gasteiger partial charge in [-0.15, -0.1) is 0 Å². The van der Waals surface area contributed by atoms with Crippen LogP contribution in [-0.4, -0.2) is 35.5 Å². The van der Waals surface area contributed by atoms with E-state index in [1.807, 2.05) is 70.2 Å². The van der Waals surface area contributed by atoms with E-state index in [0.29, 0.717) is 12.4 Å². The summed E-state index contributed by atoms with van der Waals surface area (Å²) in [5, 5.41) is 6.83. The minimum Gasteiger partial charge on any atom is -0.489 e. The summed E-state index contributed by atoms with van der Waals surface area (Å²) in [7, 11) is 1.63. The molecule has 0 radical (unpaired) electrons. The fourth-order valence-corrected chi connectivity index (χ4v) is 3.37. The third kappa shape index (κ3) is 5.75. The predicted octanol–water partition coefficient (Wildman–Crippen LogP) is 4.13. The van der Waals surface area contributed by atoms with E-state index >= 15 is 0 Å². The summed E-state index contributed by atoms with van der Waals surface area (Å²) in [4.78, 5) is 26.4. The zero-order valence-corrected chi connectivity index (χ0v) is 19.2. The van der Waals surface area contributed by atoms with Crippen LogP contribution in [0.4, 0.5) is 5.69 Å². The van der Waals surface area contributed by atoms with Crippen LogP contribution in [0.5, 0.6) is 5.75 Å². The van der Waals surface area contributed by atoms with Gasteiger partial charge in [0.05, 0.1) is 24.2 Å². The number of benzene rings is 2. The molecule has 2 amide bonds. The maximum atomic E-state index is 12.6. The van der Waals surface area contributed by atoms with Gasteiger partial charge in [0.2, 0.25) is 11.8 Å². The van der Waals surface area contributed by atoms with Crippen LogP contribution in [0, 0.1) is 27.7 Å². The SMILES string of the molecule is Cc1cccc(C)c1NC(=O)CN(C)C(=O)Cc1ccc(OCc2c(C)noc2C)cc1. The number of rotatable bonds is 8. The van der Waals surface area contributed by atoms with E-state index < -0.39 is 0 Å². The topological polar surface area (TPSA) is 84.7 Å². The maximum Gasteiger partial charge on any atom is 0.243 e. The van der Waals surface area contributed by atoms with Crippen LogP contribution in [0.3, 0.4) is 0 Å². The standard InChI is InChI=1S/C25H29N3O4/c1-16-7-6-8-17(2)25(16)26-23(29)14-28(5)24(30)13-20-9-11-21(12-10-20)31-15-22-18(3)27-32-19(22)4/h6-12H,13-15H2,1-5H3,(H,26,29). The molecule has 0 saturated heterocycles. The highest BCUT2D eigenvalue weighted by Gasteiger charge is 2.15. The molecule has 0 unspecified atom stereocenters. The van der Waals surface area contributed by atoms with Gasteiger partial charge in [0.15, 0.2) is 0 Å². The molecule has 168 valence electrons. The van der Waals surface area contributed by atoms with Crippen molar-refractivity contribution in [2.45, 2.75) is 40.7 Å². The molecule has 1 N–H and O–H groups in total. The van der Waals surface area contributed by atoms with E-state index in [1.165, 1.54) is 4.90 Å². The average molecular weight is 436 g/mol. The quantitative estimate of drug-likeness (QED) is 0.575. The van der Waals surface area contributed by atoms with E-state index in [-0.39, 0.29) is 24.8 Å². The van der Waals surface area contributed by atoms with Crippen molar-refractivity contribution in [1.82, 2.24) is 10.1 Å². The number of hydrogen-bond acceptors (Lipinski definition) is 5. The van der Waals surface area contributed by atoms with Crippen molar-refractivity contribution < 1.29 is 18.8 Å². The molecule has 0 aliphatic rings. The van der Waals surface area contributed by atoms with E-state index in [2.05, 4.69) is 10.5 Å². The second kappa shape index (κ2) is 10.1. The van der Waals surface area contributed by atoms with Crippen molar-refractivity contribution in [3.63, 3.8) is 0 Å². The summed E-state index contributed by atoms with van der Waals surface area (Å²) in [6.45, 7) is 7.98. The summed E-state index contributed by atoms with van der Waals surface area (Å²) >= 11 is 0. The van der Waals surface area contributed by atoms with Crippen molar-refractivity contribution in [2.75, 3.05) is 18.9 Å². The normalized spacial score (nSPS) is 10.7. The van der Waals surface area contributed by atoms with Gasteiger partial charge in [0.25, 0.3) is 0 Å². The van der Waals surface area contributed by atoms with Crippen molar-refractivity contribution in [3.05, 3.63) is 76.2 Å². The van der Waals surface area contributed by atoms with Crippen molar-refractivity contribution in [2.24, 2.45) is 0 Å². The van der Waals surface area contributed by atoms with Crippen molar-refractivity contribution in [3.8, 4) is 5.75 Å². The Hall–Kier alpha value is -3.61. The fraction of sp³-hybridized carbons (Fsp3) is 0.320. The van der Waals surface area contributed by atoms with E-state index in [9.17, 15) is 9.59 Å². The number of para-hydroxylation sites is 1. The molecule has 0 spiro atoms. The second-order valence-corrected chi connectivity index (χ2v) is 7.98. The first kappa shape index (κ1) is 23.1. The first-order valence-corrected chi connectivity index (χ1v) is 10.5. The van der Waals surface area contributed by atoms with Crippen LogP contribution >= 0.6 is 0 Å². The highest BCUT2D eigenvalue weighted by atomic mass is 16.5.